The van der Waals surface area contributed by atoms with Gasteiger partial charge in [-0.1, -0.05) is 18.2 Å². The lowest BCUT2D eigenvalue weighted by Crippen LogP contribution is -2.18. The van der Waals surface area contributed by atoms with Gasteiger partial charge in [-0.2, -0.15) is 13.2 Å². The Morgan fingerprint density at radius 1 is 1.27 bits per heavy atom. The molecule has 116 valence electrons. The van der Waals surface area contributed by atoms with Gasteiger partial charge in [0, 0.05) is 23.5 Å². The van der Waals surface area contributed by atoms with E-state index in [1.807, 2.05) is 0 Å². The second-order valence-electron chi connectivity index (χ2n) is 4.62. The zero-order valence-electron chi connectivity index (χ0n) is 11.5. The number of carbonyl (C=O) groups excluding carboxylic acids is 1. The summed E-state index contributed by atoms with van der Waals surface area (Å²) in [5.41, 5.74) is -1.29. The first-order chi connectivity index (χ1) is 10.3. The van der Waals surface area contributed by atoms with Crippen LogP contribution < -0.4 is 5.43 Å². The number of esters is 1. The molecule has 22 heavy (non-hydrogen) atoms. The molecule has 7 heteroatoms. The quantitative estimate of drug-likeness (QED) is 0.886. The maximum absolute atomic E-state index is 12.8. The molecular weight excluding hydrogens is 299 g/mol. The molecule has 0 saturated carbocycles. The minimum atomic E-state index is -4.54. The fourth-order valence-corrected chi connectivity index (χ4v) is 1.88. The predicted octanol–water partition coefficient (Wildman–Crippen LogP) is 3.06. The van der Waals surface area contributed by atoms with Crippen molar-refractivity contribution in [1.29, 1.82) is 0 Å². The van der Waals surface area contributed by atoms with Crippen molar-refractivity contribution in [2.45, 2.75) is 19.7 Å². The van der Waals surface area contributed by atoms with Crippen molar-refractivity contribution in [3.8, 4) is 0 Å². The lowest BCUT2D eigenvalue weighted by Gasteiger charge is -2.12. The maximum atomic E-state index is 12.8. The number of aryl methyl sites for hydroxylation is 1. The number of hydrogen-bond acceptors (Lipinski definition) is 3. The summed E-state index contributed by atoms with van der Waals surface area (Å²) in [4.78, 5) is 26.1. The molecule has 4 nitrogen and oxygen atoms in total. The van der Waals surface area contributed by atoms with Crippen LogP contribution in [0.25, 0.3) is 0 Å². The van der Waals surface area contributed by atoms with Crippen molar-refractivity contribution in [2.75, 3.05) is 0 Å². The zero-order valence-corrected chi connectivity index (χ0v) is 11.5. The molecule has 0 spiro atoms. The lowest BCUT2D eigenvalue weighted by atomic mass is 10.1. The Hall–Kier alpha value is -2.57. The Morgan fingerprint density at radius 2 is 1.95 bits per heavy atom. The molecule has 0 bridgehead atoms. The number of nitrogens with one attached hydrogen (secondary N) is 1. The van der Waals surface area contributed by atoms with E-state index in [1.54, 1.807) is 6.92 Å². The molecule has 0 fully saturated rings. The van der Waals surface area contributed by atoms with Gasteiger partial charge in [-0.3, -0.25) is 4.79 Å². The van der Waals surface area contributed by atoms with Gasteiger partial charge in [0.1, 0.15) is 12.2 Å². The monoisotopic (exact) mass is 311 g/mol. The number of ether oxygens (including phenoxy) is 1. The average Bonchev–Trinajstić information content (AvgIpc) is 2.44. The van der Waals surface area contributed by atoms with E-state index >= 15 is 0 Å². The van der Waals surface area contributed by atoms with Crippen LogP contribution >= 0.6 is 0 Å². The highest BCUT2D eigenvalue weighted by molar-refractivity contribution is 5.88. The summed E-state index contributed by atoms with van der Waals surface area (Å²) in [5, 5.41) is 0. The van der Waals surface area contributed by atoms with Crippen molar-refractivity contribution in [1.82, 2.24) is 4.98 Å². The molecule has 1 aromatic carbocycles. The number of pyridine rings is 1. The third-order valence-electron chi connectivity index (χ3n) is 2.96. The number of aromatic amines is 1. The summed E-state index contributed by atoms with van der Waals surface area (Å²) < 4.78 is 43.2. The van der Waals surface area contributed by atoms with E-state index in [-0.39, 0.29) is 11.1 Å². The molecule has 0 aliphatic rings. The standard InChI is InChI=1S/C15H12F3NO3/c1-9-6-13(20)11(7-19-9)14(21)22-8-10-4-2-3-5-12(10)15(16,17)18/h2-7H,8H2,1H3,(H,19,20). The topological polar surface area (TPSA) is 59.2 Å². The number of aromatic nitrogens is 1. The van der Waals surface area contributed by atoms with Crippen molar-refractivity contribution in [3.63, 3.8) is 0 Å². The highest BCUT2D eigenvalue weighted by Crippen LogP contribution is 2.32. The van der Waals surface area contributed by atoms with E-state index in [1.165, 1.54) is 30.5 Å². The number of carbonyl (C=O) groups is 1. The molecule has 0 atom stereocenters. The van der Waals surface area contributed by atoms with Crippen molar-refractivity contribution in [2.24, 2.45) is 0 Å². The van der Waals surface area contributed by atoms with Crippen LogP contribution in [-0.2, 0) is 17.5 Å². The molecule has 1 aromatic heterocycles. The molecular formula is C15H12F3NO3. The number of alkyl halides is 3. The summed E-state index contributed by atoms with van der Waals surface area (Å²) >= 11 is 0. The van der Waals surface area contributed by atoms with Gasteiger partial charge in [-0.05, 0) is 13.0 Å². The number of halogens is 3. The third-order valence-corrected chi connectivity index (χ3v) is 2.96. The average molecular weight is 311 g/mol. The normalized spacial score (nSPS) is 11.3. The number of benzene rings is 1. The van der Waals surface area contributed by atoms with Crippen LogP contribution in [0, 0.1) is 6.92 Å². The van der Waals surface area contributed by atoms with Gasteiger partial charge in [0.25, 0.3) is 0 Å². The smallest absolute Gasteiger partial charge is 0.416 e. The van der Waals surface area contributed by atoms with E-state index in [0.29, 0.717) is 5.69 Å². The van der Waals surface area contributed by atoms with Crippen LogP contribution in [0.15, 0.2) is 41.3 Å². The van der Waals surface area contributed by atoms with Crippen LogP contribution in [-0.4, -0.2) is 11.0 Å². The number of hydrogen-bond donors (Lipinski definition) is 1. The first-order valence-electron chi connectivity index (χ1n) is 6.30. The summed E-state index contributed by atoms with van der Waals surface area (Å²) in [7, 11) is 0. The largest absolute Gasteiger partial charge is 0.457 e. The summed E-state index contributed by atoms with van der Waals surface area (Å²) in [6.45, 7) is 1.07. The summed E-state index contributed by atoms with van der Waals surface area (Å²) in [5.74, 6) is -0.974. The van der Waals surface area contributed by atoms with E-state index in [0.717, 1.165) is 6.07 Å². The predicted molar refractivity (Wildman–Crippen MR) is 72.4 cm³/mol. The molecule has 0 saturated heterocycles. The van der Waals surface area contributed by atoms with Gasteiger partial charge < -0.3 is 9.72 Å². The number of H-pyrrole nitrogens is 1. The van der Waals surface area contributed by atoms with Crippen LogP contribution in [0.2, 0.25) is 0 Å². The van der Waals surface area contributed by atoms with Crippen LogP contribution in [0.1, 0.15) is 27.2 Å². The minimum absolute atomic E-state index is 0.174. The molecule has 0 unspecified atom stereocenters. The molecule has 1 N–H and O–H groups in total. The van der Waals surface area contributed by atoms with Gasteiger partial charge in [-0.15, -0.1) is 0 Å². The molecule has 1 heterocycles. The second kappa shape index (κ2) is 6.05. The van der Waals surface area contributed by atoms with Crippen LogP contribution in [0.5, 0.6) is 0 Å². The van der Waals surface area contributed by atoms with Gasteiger partial charge in [0.15, 0.2) is 5.43 Å². The fraction of sp³-hybridized carbons (Fsp3) is 0.200. The second-order valence-corrected chi connectivity index (χ2v) is 4.62. The molecule has 2 aromatic rings. The van der Waals surface area contributed by atoms with Gasteiger partial charge in [0.2, 0.25) is 0 Å². The Labute approximate surface area is 123 Å². The summed E-state index contributed by atoms with van der Waals surface area (Å²) in [6.07, 6.45) is -3.36. The van der Waals surface area contributed by atoms with Gasteiger partial charge in [0.05, 0.1) is 5.56 Å². The Bertz CT molecular complexity index is 750. The molecule has 0 radical (unpaired) electrons. The van der Waals surface area contributed by atoms with Crippen LogP contribution in [0.4, 0.5) is 13.2 Å². The Balaban J connectivity index is 2.17. The molecule has 0 aliphatic carbocycles. The van der Waals surface area contributed by atoms with Crippen molar-refractivity contribution >= 4 is 5.97 Å². The van der Waals surface area contributed by atoms with Crippen molar-refractivity contribution < 1.29 is 22.7 Å². The maximum Gasteiger partial charge on any atom is 0.416 e. The van der Waals surface area contributed by atoms with E-state index in [2.05, 4.69) is 4.98 Å². The van der Waals surface area contributed by atoms with E-state index < -0.39 is 29.7 Å². The van der Waals surface area contributed by atoms with E-state index in [9.17, 15) is 22.8 Å². The third kappa shape index (κ3) is 3.55. The number of rotatable bonds is 3. The van der Waals surface area contributed by atoms with E-state index in [4.69, 9.17) is 4.74 Å². The molecule has 0 amide bonds. The fourth-order valence-electron chi connectivity index (χ4n) is 1.88. The first kappa shape index (κ1) is 15.8. The highest BCUT2D eigenvalue weighted by Gasteiger charge is 2.33. The summed E-state index contributed by atoms with van der Waals surface area (Å²) in [6, 6.07) is 5.99. The minimum Gasteiger partial charge on any atom is -0.457 e. The molecule has 0 aliphatic heterocycles. The van der Waals surface area contributed by atoms with Gasteiger partial charge >= 0.3 is 12.1 Å². The van der Waals surface area contributed by atoms with Crippen LogP contribution in [0.3, 0.4) is 0 Å². The Kier molecular flexibility index (Phi) is 4.35. The lowest BCUT2D eigenvalue weighted by molar-refractivity contribution is -0.138. The molecule has 2 rings (SSSR count). The first-order valence-corrected chi connectivity index (χ1v) is 6.30. The SMILES string of the molecule is Cc1cc(=O)c(C(=O)OCc2ccccc2C(F)(F)F)c[nH]1. The zero-order chi connectivity index (χ0) is 16.3. The van der Waals surface area contributed by atoms with Gasteiger partial charge in [-0.25, -0.2) is 4.79 Å². The van der Waals surface area contributed by atoms with Crippen molar-refractivity contribution in [3.05, 3.63) is 69.1 Å². The Morgan fingerprint density at radius 3 is 2.59 bits per heavy atom. The highest BCUT2D eigenvalue weighted by atomic mass is 19.4.